The van der Waals surface area contributed by atoms with Crippen LogP contribution in [0.4, 0.5) is 0 Å². The molecule has 3 heteroatoms. The maximum Gasteiger partial charge on any atom is 0.269 e. The summed E-state index contributed by atoms with van der Waals surface area (Å²) >= 11 is 0. The third-order valence-electron chi connectivity index (χ3n) is 1.86. The fourth-order valence-corrected chi connectivity index (χ4v) is 1.04. The fraction of sp³-hybridized carbons (Fsp3) is 0.600. The maximum absolute atomic E-state index is 11.2. The Morgan fingerprint density at radius 3 is 2.46 bits per heavy atom. The van der Waals surface area contributed by atoms with Crippen LogP contribution in [-0.2, 0) is 13.5 Å². The van der Waals surface area contributed by atoms with E-state index in [4.69, 9.17) is 0 Å². The van der Waals surface area contributed by atoms with E-state index >= 15 is 0 Å². The Hall–Kier alpha value is -1.12. The van der Waals surface area contributed by atoms with Crippen LogP contribution in [0.1, 0.15) is 31.9 Å². The van der Waals surface area contributed by atoms with Gasteiger partial charge in [0.1, 0.15) is 0 Å². The number of aryl methyl sites for hydroxylation is 2. The van der Waals surface area contributed by atoms with Crippen molar-refractivity contribution >= 4 is 0 Å². The molecule has 0 saturated heterocycles. The summed E-state index contributed by atoms with van der Waals surface area (Å²) in [6, 6.07) is 0. The van der Waals surface area contributed by atoms with Crippen LogP contribution in [0.5, 0.6) is 0 Å². The van der Waals surface area contributed by atoms with Crippen molar-refractivity contribution < 1.29 is 0 Å². The van der Waals surface area contributed by atoms with Crippen LogP contribution in [0, 0.1) is 6.92 Å². The predicted octanol–water partition coefficient (Wildman–Crippen LogP) is 1.68. The van der Waals surface area contributed by atoms with E-state index in [1.54, 1.807) is 13.2 Å². The van der Waals surface area contributed by atoms with Crippen LogP contribution in [0.2, 0.25) is 0 Å². The summed E-state index contributed by atoms with van der Waals surface area (Å²) in [6.45, 7) is 7.85. The van der Waals surface area contributed by atoms with Crippen LogP contribution in [-0.4, -0.2) is 9.78 Å². The van der Waals surface area contributed by atoms with Gasteiger partial charge in [0.05, 0.1) is 6.20 Å². The van der Waals surface area contributed by atoms with Gasteiger partial charge in [-0.25, -0.2) is 4.68 Å². The summed E-state index contributed by atoms with van der Waals surface area (Å²) in [5, 5.41) is 3.91. The third-order valence-corrected chi connectivity index (χ3v) is 1.86. The summed E-state index contributed by atoms with van der Waals surface area (Å²) in [4.78, 5) is 11.2. The second-order valence-electron chi connectivity index (χ2n) is 2.58. The van der Waals surface area contributed by atoms with Crippen LogP contribution in [0.15, 0.2) is 11.0 Å². The molecule has 0 atom stereocenters. The van der Waals surface area contributed by atoms with E-state index in [1.807, 2.05) is 27.7 Å². The van der Waals surface area contributed by atoms with E-state index in [0.717, 1.165) is 17.5 Å². The smallest absolute Gasteiger partial charge is 0.268 e. The molecule has 1 rings (SSSR count). The van der Waals surface area contributed by atoms with Gasteiger partial charge >= 0.3 is 0 Å². The number of rotatable bonds is 1. The number of hydrogen-bond acceptors (Lipinski definition) is 2. The molecule has 0 aliphatic heterocycles. The molecule has 1 aromatic rings. The summed E-state index contributed by atoms with van der Waals surface area (Å²) < 4.78 is 1.36. The standard InChI is InChI=1S/C8H12N2O.C2H6/c1-4-7-5-9-10(3)8(11)6(7)2;1-2/h5H,4H2,1-3H3;1-2H3. The summed E-state index contributed by atoms with van der Waals surface area (Å²) in [5.74, 6) is 0. The summed E-state index contributed by atoms with van der Waals surface area (Å²) in [7, 11) is 1.66. The Bertz CT molecular complexity index is 315. The van der Waals surface area contributed by atoms with Gasteiger partial charge in [0.15, 0.2) is 0 Å². The second-order valence-corrected chi connectivity index (χ2v) is 2.58. The normalized spacial score (nSPS) is 9.00. The molecule has 1 heterocycles. The van der Waals surface area contributed by atoms with Crippen molar-refractivity contribution in [3.63, 3.8) is 0 Å². The average Bonchev–Trinajstić information content (AvgIpc) is 2.18. The molecule has 0 amide bonds. The molecule has 13 heavy (non-hydrogen) atoms. The minimum absolute atomic E-state index is 0.00403. The fourth-order valence-electron chi connectivity index (χ4n) is 1.04. The molecular formula is C10H18N2O. The highest BCUT2D eigenvalue weighted by Gasteiger charge is 2.01. The molecule has 3 nitrogen and oxygen atoms in total. The van der Waals surface area contributed by atoms with Crippen molar-refractivity contribution in [2.75, 3.05) is 0 Å². The Morgan fingerprint density at radius 2 is 2.00 bits per heavy atom. The zero-order chi connectivity index (χ0) is 10.4. The van der Waals surface area contributed by atoms with Gasteiger partial charge in [-0.2, -0.15) is 5.10 Å². The molecule has 0 aliphatic rings. The lowest BCUT2D eigenvalue weighted by molar-refractivity contribution is 0.691. The molecule has 0 N–H and O–H groups in total. The highest BCUT2D eigenvalue weighted by Crippen LogP contribution is 1.99. The molecule has 0 fully saturated rings. The van der Waals surface area contributed by atoms with Gasteiger partial charge < -0.3 is 0 Å². The quantitative estimate of drug-likeness (QED) is 0.662. The predicted molar refractivity (Wildman–Crippen MR) is 54.9 cm³/mol. The number of nitrogens with zero attached hydrogens (tertiary/aromatic N) is 2. The Labute approximate surface area is 79.4 Å². The lowest BCUT2D eigenvalue weighted by Gasteiger charge is -2.02. The van der Waals surface area contributed by atoms with Crippen molar-refractivity contribution in [1.82, 2.24) is 9.78 Å². The van der Waals surface area contributed by atoms with Crippen molar-refractivity contribution in [3.05, 3.63) is 27.7 Å². The Balaban J connectivity index is 0.000000671. The first kappa shape index (κ1) is 11.9. The topological polar surface area (TPSA) is 34.9 Å². The van der Waals surface area contributed by atoms with Gasteiger partial charge in [-0.3, -0.25) is 4.79 Å². The zero-order valence-electron chi connectivity index (χ0n) is 9.09. The molecule has 1 aromatic heterocycles. The van der Waals surface area contributed by atoms with Crippen molar-refractivity contribution in [1.29, 1.82) is 0 Å². The van der Waals surface area contributed by atoms with Gasteiger partial charge in [-0.1, -0.05) is 20.8 Å². The summed E-state index contributed by atoms with van der Waals surface area (Å²) in [6.07, 6.45) is 2.62. The van der Waals surface area contributed by atoms with Crippen molar-refractivity contribution in [3.8, 4) is 0 Å². The van der Waals surface area contributed by atoms with Gasteiger partial charge in [0.2, 0.25) is 0 Å². The van der Waals surface area contributed by atoms with Crippen LogP contribution >= 0.6 is 0 Å². The highest BCUT2D eigenvalue weighted by atomic mass is 16.1. The highest BCUT2D eigenvalue weighted by molar-refractivity contribution is 5.18. The molecule has 0 radical (unpaired) electrons. The van der Waals surface area contributed by atoms with Crippen LogP contribution < -0.4 is 5.56 Å². The molecule has 0 aromatic carbocycles. The number of aromatic nitrogens is 2. The molecule has 0 spiro atoms. The average molecular weight is 182 g/mol. The first-order valence-corrected chi connectivity index (χ1v) is 4.68. The second kappa shape index (κ2) is 5.51. The van der Waals surface area contributed by atoms with E-state index in [1.165, 1.54) is 4.68 Å². The largest absolute Gasteiger partial charge is 0.269 e. The van der Waals surface area contributed by atoms with E-state index in [9.17, 15) is 4.79 Å². The summed E-state index contributed by atoms with van der Waals surface area (Å²) in [5.41, 5.74) is 1.85. The Morgan fingerprint density at radius 1 is 1.46 bits per heavy atom. The van der Waals surface area contributed by atoms with Crippen molar-refractivity contribution in [2.24, 2.45) is 7.05 Å². The molecule has 0 unspecified atom stereocenters. The maximum atomic E-state index is 11.2. The van der Waals surface area contributed by atoms with Gasteiger partial charge in [-0.05, 0) is 18.9 Å². The lowest BCUT2D eigenvalue weighted by Crippen LogP contribution is -2.22. The first-order valence-electron chi connectivity index (χ1n) is 4.68. The van der Waals surface area contributed by atoms with E-state index in [2.05, 4.69) is 5.10 Å². The van der Waals surface area contributed by atoms with E-state index in [-0.39, 0.29) is 5.56 Å². The molecule has 0 aliphatic carbocycles. The number of hydrogen-bond donors (Lipinski definition) is 0. The molecular weight excluding hydrogens is 164 g/mol. The molecule has 0 bridgehead atoms. The molecule has 74 valence electrons. The molecule has 0 saturated carbocycles. The van der Waals surface area contributed by atoms with Crippen LogP contribution in [0.25, 0.3) is 0 Å². The van der Waals surface area contributed by atoms with Gasteiger partial charge in [0, 0.05) is 12.6 Å². The van der Waals surface area contributed by atoms with Crippen molar-refractivity contribution in [2.45, 2.75) is 34.1 Å². The monoisotopic (exact) mass is 182 g/mol. The Kier molecular flexibility index (Phi) is 5.04. The van der Waals surface area contributed by atoms with E-state index < -0.39 is 0 Å². The first-order chi connectivity index (χ1) is 6.16. The van der Waals surface area contributed by atoms with Gasteiger partial charge in [0.25, 0.3) is 5.56 Å². The van der Waals surface area contributed by atoms with E-state index in [0.29, 0.717) is 0 Å². The van der Waals surface area contributed by atoms with Crippen LogP contribution in [0.3, 0.4) is 0 Å². The lowest BCUT2D eigenvalue weighted by atomic mass is 10.1. The zero-order valence-corrected chi connectivity index (χ0v) is 9.09. The minimum atomic E-state index is 0.00403. The SMILES string of the molecule is CC.CCc1cnn(C)c(=O)c1C. The van der Waals surface area contributed by atoms with Gasteiger partial charge in [-0.15, -0.1) is 0 Å². The minimum Gasteiger partial charge on any atom is -0.268 e. The third kappa shape index (κ3) is 2.68.